The van der Waals surface area contributed by atoms with E-state index in [1.807, 2.05) is 17.5 Å². The van der Waals surface area contributed by atoms with Crippen molar-refractivity contribution in [2.75, 3.05) is 11.9 Å². The summed E-state index contributed by atoms with van der Waals surface area (Å²) in [7, 11) is 0. The second kappa shape index (κ2) is 8.30. The number of hydrogen-bond donors (Lipinski definition) is 1. The predicted molar refractivity (Wildman–Crippen MR) is 103 cm³/mol. The van der Waals surface area contributed by atoms with E-state index in [-0.39, 0.29) is 6.61 Å². The van der Waals surface area contributed by atoms with Gasteiger partial charge in [-0.1, -0.05) is 13.0 Å². The first-order chi connectivity index (χ1) is 12.6. The standard InChI is InChI=1S/C19H18N2O3S2/c1-12-4-6-14-15(10-20)19(26-16(14)9-12)21-17(22)11-24-18(23)7-5-13-3-2-8-25-13/h2-3,5,7-8,12H,4,6,9,11H2,1H3,(H,21,22)/b7-5+/t12-/m0/s1. The van der Waals surface area contributed by atoms with Crippen molar-refractivity contribution in [2.24, 2.45) is 5.92 Å². The van der Waals surface area contributed by atoms with Crippen LogP contribution in [0.5, 0.6) is 0 Å². The molecular weight excluding hydrogens is 368 g/mol. The number of nitrogens with one attached hydrogen (secondary N) is 1. The average Bonchev–Trinajstić information content (AvgIpc) is 3.24. The Balaban J connectivity index is 1.57. The highest BCUT2D eigenvalue weighted by Gasteiger charge is 2.24. The quantitative estimate of drug-likeness (QED) is 0.622. The Labute approximate surface area is 159 Å². The number of nitriles is 1. The van der Waals surface area contributed by atoms with Crippen LogP contribution in [-0.4, -0.2) is 18.5 Å². The number of nitrogens with zero attached hydrogens (tertiary/aromatic N) is 1. The summed E-state index contributed by atoms with van der Waals surface area (Å²) in [5, 5.41) is 14.6. The normalized spacial score (nSPS) is 16.1. The Morgan fingerprint density at radius 2 is 2.35 bits per heavy atom. The molecule has 1 atom stereocenters. The van der Waals surface area contributed by atoms with Crippen LogP contribution in [0.4, 0.5) is 5.00 Å². The van der Waals surface area contributed by atoms with Crippen molar-refractivity contribution >= 4 is 45.6 Å². The van der Waals surface area contributed by atoms with Gasteiger partial charge in [0.1, 0.15) is 11.1 Å². The van der Waals surface area contributed by atoms with Crippen molar-refractivity contribution in [3.8, 4) is 6.07 Å². The molecular formula is C19H18N2O3S2. The highest BCUT2D eigenvalue weighted by molar-refractivity contribution is 7.16. The smallest absolute Gasteiger partial charge is 0.331 e. The van der Waals surface area contributed by atoms with Gasteiger partial charge >= 0.3 is 5.97 Å². The van der Waals surface area contributed by atoms with E-state index in [9.17, 15) is 14.9 Å². The van der Waals surface area contributed by atoms with E-state index in [1.165, 1.54) is 33.6 Å². The lowest BCUT2D eigenvalue weighted by molar-refractivity contribution is -0.142. The molecule has 0 aliphatic heterocycles. The van der Waals surface area contributed by atoms with Gasteiger partial charge in [0.2, 0.25) is 0 Å². The van der Waals surface area contributed by atoms with Crippen LogP contribution in [0.15, 0.2) is 23.6 Å². The molecule has 2 aromatic rings. The van der Waals surface area contributed by atoms with Gasteiger partial charge in [-0.3, -0.25) is 4.79 Å². The number of rotatable bonds is 5. The maximum atomic E-state index is 12.1. The summed E-state index contributed by atoms with van der Waals surface area (Å²) in [4.78, 5) is 25.9. The first-order valence-electron chi connectivity index (χ1n) is 8.29. The fourth-order valence-corrected chi connectivity index (χ4v) is 4.84. The summed E-state index contributed by atoms with van der Waals surface area (Å²) in [6.45, 7) is 1.81. The molecule has 0 saturated heterocycles. The van der Waals surface area contributed by atoms with E-state index in [0.29, 0.717) is 16.5 Å². The van der Waals surface area contributed by atoms with Gasteiger partial charge in [-0.2, -0.15) is 5.26 Å². The maximum absolute atomic E-state index is 12.1. The highest BCUT2D eigenvalue weighted by Crippen LogP contribution is 2.39. The van der Waals surface area contributed by atoms with E-state index >= 15 is 0 Å². The Bertz CT molecular complexity index is 875. The highest BCUT2D eigenvalue weighted by atomic mass is 32.1. The molecule has 26 heavy (non-hydrogen) atoms. The van der Waals surface area contributed by atoms with Crippen molar-refractivity contribution in [1.82, 2.24) is 0 Å². The fourth-order valence-electron chi connectivity index (χ4n) is 2.84. The minimum absolute atomic E-state index is 0.378. The van der Waals surface area contributed by atoms with Gasteiger partial charge < -0.3 is 10.1 Å². The zero-order valence-corrected chi connectivity index (χ0v) is 15.9. The number of hydrogen-bond acceptors (Lipinski definition) is 6. The molecule has 0 saturated carbocycles. The van der Waals surface area contributed by atoms with Crippen LogP contribution < -0.4 is 5.32 Å². The van der Waals surface area contributed by atoms with Gasteiger partial charge in [0.05, 0.1) is 5.56 Å². The lowest BCUT2D eigenvalue weighted by Gasteiger charge is -2.17. The van der Waals surface area contributed by atoms with Crippen molar-refractivity contribution < 1.29 is 14.3 Å². The van der Waals surface area contributed by atoms with Crippen LogP contribution in [0, 0.1) is 17.2 Å². The Morgan fingerprint density at radius 1 is 1.50 bits per heavy atom. The third kappa shape index (κ3) is 4.40. The van der Waals surface area contributed by atoms with Crippen LogP contribution >= 0.6 is 22.7 Å². The second-order valence-electron chi connectivity index (χ2n) is 6.17. The molecule has 1 N–H and O–H groups in total. The second-order valence-corrected chi connectivity index (χ2v) is 8.26. The molecule has 7 heteroatoms. The molecule has 0 fully saturated rings. The van der Waals surface area contributed by atoms with Gasteiger partial charge in [-0.05, 0) is 48.3 Å². The number of carbonyl (C=O) groups excluding carboxylic acids is 2. The van der Waals surface area contributed by atoms with Gasteiger partial charge in [-0.15, -0.1) is 22.7 Å². The molecule has 2 aromatic heterocycles. The van der Waals surface area contributed by atoms with Crippen molar-refractivity contribution in [2.45, 2.75) is 26.2 Å². The monoisotopic (exact) mass is 386 g/mol. The van der Waals surface area contributed by atoms with E-state index in [0.717, 1.165) is 29.7 Å². The SMILES string of the molecule is C[C@H]1CCc2c(sc(NC(=O)COC(=O)/C=C/c3cccs3)c2C#N)C1. The maximum Gasteiger partial charge on any atom is 0.331 e. The molecule has 1 amide bonds. The molecule has 134 valence electrons. The number of fused-ring (bicyclic) bond motifs is 1. The number of thiophene rings is 2. The molecule has 1 aliphatic carbocycles. The summed E-state index contributed by atoms with van der Waals surface area (Å²) in [5.41, 5.74) is 1.61. The summed E-state index contributed by atoms with van der Waals surface area (Å²) in [6, 6.07) is 5.97. The zero-order valence-electron chi connectivity index (χ0n) is 14.3. The van der Waals surface area contributed by atoms with Gasteiger partial charge in [0.15, 0.2) is 6.61 Å². The van der Waals surface area contributed by atoms with Crippen molar-refractivity contribution in [3.63, 3.8) is 0 Å². The Hall–Kier alpha value is -2.43. The molecule has 0 bridgehead atoms. The lowest BCUT2D eigenvalue weighted by atomic mass is 9.89. The Morgan fingerprint density at radius 3 is 3.08 bits per heavy atom. The van der Waals surface area contributed by atoms with E-state index in [1.54, 1.807) is 6.08 Å². The van der Waals surface area contributed by atoms with Crippen LogP contribution in [0.25, 0.3) is 6.08 Å². The molecule has 0 aromatic carbocycles. The predicted octanol–water partition coefficient (Wildman–Crippen LogP) is 4.00. The first-order valence-corrected chi connectivity index (χ1v) is 9.99. The minimum Gasteiger partial charge on any atom is -0.452 e. The lowest BCUT2D eigenvalue weighted by Crippen LogP contribution is -2.20. The van der Waals surface area contributed by atoms with Crippen LogP contribution in [0.1, 0.15) is 34.2 Å². The van der Waals surface area contributed by atoms with Crippen molar-refractivity contribution in [3.05, 3.63) is 44.5 Å². The van der Waals surface area contributed by atoms with E-state index in [4.69, 9.17) is 4.74 Å². The van der Waals surface area contributed by atoms with Crippen LogP contribution in [0.2, 0.25) is 0 Å². The molecule has 1 aliphatic rings. The van der Waals surface area contributed by atoms with E-state index in [2.05, 4.69) is 18.3 Å². The zero-order chi connectivity index (χ0) is 18.5. The number of carbonyl (C=O) groups is 2. The fraction of sp³-hybridized carbons (Fsp3) is 0.316. The first kappa shape index (κ1) is 18.4. The van der Waals surface area contributed by atoms with Gasteiger partial charge in [0.25, 0.3) is 5.91 Å². The molecule has 3 rings (SSSR count). The topological polar surface area (TPSA) is 79.2 Å². The number of anilines is 1. The molecule has 0 unspecified atom stereocenters. The summed E-state index contributed by atoms with van der Waals surface area (Å²) in [6.07, 6.45) is 5.81. The molecule has 0 radical (unpaired) electrons. The summed E-state index contributed by atoms with van der Waals surface area (Å²) < 4.78 is 4.96. The number of ether oxygens (including phenoxy) is 1. The minimum atomic E-state index is -0.576. The van der Waals surface area contributed by atoms with E-state index < -0.39 is 11.9 Å². The summed E-state index contributed by atoms with van der Waals surface area (Å²) >= 11 is 2.96. The Kier molecular flexibility index (Phi) is 5.86. The van der Waals surface area contributed by atoms with Gasteiger partial charge in [0, 0.05) is 15.8 Å². The molecule has 2 heterocycles. The van der Waals surface area contributed by atoms with Gasteiger partial charge in [-0.25, -0.2) is 4.79 Å². The largest absolute Gasteiger partial charge is 0.452 e. The molecule has 5 nitrogen and oxygen atoms in total. The average molecular weight is 386 g/mol. The number of amides is 1. The number of esters is 1. The van der Waals surface area contributed by atoms with Crippen molar-refractivity contribution in [1.29, 1.82) is 5.26 Å². The molecule has 0 spiro atoms. The summed E-state index contributed by atoms with van der Waals surface area (Å²) in [5.74, 6) is -0.424. The van der Waals surface area contributed by atoms with Crippen LogP contribution in [0.3, 0.4) is 0 Å². The third-order valence-corrected chi connectivity index (χ3v) is 6.16. The third-order valence-electron chi connectivity index (χ3n) is 4.15. The van der Waals surface area contributed by atoms with Crippen LogP contribution in [-0.2, 0) is 27.2 Å².